The summed E-state index contributed by atoms with van der Waals surface area (Å²) in [6.45, 7) is 0.709. The number of aromatic nitrogens is 1. The maximum Gasteiger partial charge on any atom is 0.124 e. The van der Waals surface area contributed by atoms with Crippen molar-refractivity contribution in [1.82, 2.24) is 4.98 Å². The van der Waals surface area contributed by atoms with E-state index in [0.29, 0.717) is 6.54 Å². The van der Waals surface area contributed by atoms with E-state index < -0.39 is 0 Å². The minimum atomic E-state index is 0.709. The van der Waals surface area contributed by atoms with Crippen LogP contribution in [0.25, 0.3) is 10.6 Å². The molecule has 0 aliphatic carbocycles. The van der Waals surface area contributed by atoms with E-state index in [4.69, 9.17) is 11.6 Å². The predicted octanol–water partition coefficient (Wildman–Crippen LogP) is 5.14. The normalized spacial score (nSPS) is 10.6. The lowest BCUT2D eigenvalue weighted by atomic mass is 10.3. The Morgan fingerprint density at radius 1 is 1.21 bits per heavy atom. The number of anilines is 1. The SMILES string of the molecule is Clc1cccc(NCc2csc(-c3ccsc3)n2)c1. The third-order valence-corrected chi connectivity index (χ3v) is 4.48. The van der Waals surface area contributed by atoms with Gasteiger partial charge >= 0.3 is 0 Å². The summed E-state index contributed by atoms with van der Waals surface area (Å²) in [5.74, 6) is 0. The van der Waals surface area contributed by atoms with Crippen molar-refractivity contribution in [2.45, 2.75) is 6.54 Å². The minimum absolute atomic E-state index is 0.709. The first kappa shape index (κ1) is 12.7. The van der Waals surface area contributed by atoms with Crippen LogP contribution in [0, 0.1) is 0 Å². The van der Waals surface area contributed by atoms with Gasteiger partial charge in [-0.1, -0.05) is 17.7 Å². The summed E-state index contributed by atoms with van der Waals surface area (Å²) in [5.41, 5.74) is 3.26. The van der Waals surface area contributed by atoms with Crippen LogP contribution in [0.4, 0.5) is 5.69 Å². The molecule has 3 rings (SSSR count). The Labute approximate surface area is 124 Å². The second-order valence-corrected chi connectivity index (χ2v) is 6.09. The van der Waals surface area contributed by atoms with E-state index in [1.807, 2.05) is 24.3 Å². The number of hydrogen-bond donors (Lipinski definition) is 1. The van der Waals surface area contributed by atoms with Crippen LogP contribution < -0.4 is 5.32 Å². The molecule has 0 saturated carbocycles. The van der Waals surface area contributed by atoms with E-state index in [9.17, 15) is 0 Å². The van der Waals surface area contributed by atoms with Gasteiger partial charge in [-0.2, -0.15) is 11.3 Å². The summed E-state index contributed by atoms with van der Waals surface area (Å²) in [5, 5.41) is 11.4. The van der Waals surface area contributed by atoms with Crippen molar-refractivity contribution >= 4 is 40.0 Å². The molecule has 19 heavy (non-hydrogen) atoms. The first-order valence-electron chi connectivity index (χ1n) is 5.78. The maximum absolute atomic E-state index is 5.95. The van der Waals surface area contributed by atoms with Crippen molar-refractivity contribution in [3.05, 3.63) is 57.2 Å². The summed E-state index contributed by atoms with van der Waals surface area (Å²) in [6, 6.07) is 9.80. The van der Waals surface area contributed by atoms with Gasteiger partial charge in [-0.3, -0.25) is 0 Å². The van der Waals surface area contributed by atoms with Crippen LogP contribution >= 0.6 is 34.3 Å². The summed E-state index contributed by atoms with van der Waals surface area (Å²) in [7, 11) is 0. The number of benzene rings is 1. The number of rotatable bonds is 4. The molecule has 0 atom stereocenters. The first-order chi connectivity index (χ1) is 9.31. The van der Waals surface area contributed by atoms with Crippen molar-refractivity contribution in [3.8, 4) is 10.6 Å². The molecule has 1 aromatic carbocycles. The van der Waals surface area contributed by atoms with Crippen molar-refractivity contribution in [1.29, 1.82) is 0 Å². The van der Waals surface area contributed by atoms with Crippen LogP contribution in [0.5, 0.6) is 0 Å². The Morgan fingerprint density at radius 2 is 2.16 bits per heavy atom. The highest BCUT2D eigenvalue weighted by molar-refractivity contribution is 7.14. The molecule has 0 saturated heterocycles. The zero-order valence-corrected chi connectivity index (χ0v) is 12.4. The van der Waals surface area contributed by atoms with Gasteiger partial charge in [0.2, 0.25) is 0 Å². The lowest BCUT2D eigenvalue weighted by Gasteiger charge is -2.04. The van der Waals surface area contributed by atoms with Crippen LogP contribution in [0.2, 0.25) is 5.02 Å². The van der Waals surface area contributed by atoms with E-state index in [-0.39, 0.29) is 0 Å². The molecule has 0 bridgehead atoms. The highest BCUT2D eigenvalue weighted by Crippen LogP contribution is 2.26. The van der Waals surface area contributed by atoms with Crippen molar-refractivity contribution in [2.24, 2.45) is 0 Å². The van der Waals surface area contributed by atoms with Gasteiger partial charge in [-0.05, 0) is 29.6 Å². The molecule has 3 aromatic rings. The monoisotopic (exact) mass is 306 g/mol. The lowest BCUT2D eigenvalue weighted by molar-refractivity contribution is 1.08. The molecule has 0 amide bonds. The molecule has 0 fully saturated rings. The predicted molar refractivity (Wildman–Crippen MR) is 84.2 cm³/mol. The number of nitrogens with one attached hydrogen (secondary N) is 1. The van der Waals surface area contributed by atoms with Gasteiger partial charge in [0, 0.05) is 27.0 Å². The number of halogens is 1. The molecule has 0 radical (unpaired) electrons. The average molecular weight is 307 g/mol. The molecule has 96 valence electrons. The summed E-state index contributed by atoms with van der Waals surface area (Å²) in [4.78, 5) is 4.62. The second kappa shape index (κ2) is 5.74. The summed E-state index contributed by atoms with van der Waals surface area (Å²) in [6.07, 6.45) is 0. The average Bonchev–Trinajstić information content (AvgIpc) is 3.07. The smallest absolute Gasteiger partial charge is 0.124 e. The zero-order chi connectivity index (χ0) is 13.1. The van der Waals surface area contributed by atoms with E-state index in [1.54, 1.807) is 22.7 Å². The highest BCUT2D eigenvalue weighted by Gasteiger charge is 2.04. The Balaban J connectivity index is 1.68. The van der Waals surface area contributed by atoms with E-state index >= 15 is 0 Å². The molecule has 5 heteroatoms. The van der Waals surface area contributed by atoms with Crippen LogP contribution in [-0.2, 0) is 6.54 Å². The molecular weight excluding hydrogens is 296 g/mol. The summed E-state index contributed by atoms with van der Waals surface area (Å²) >= 11 is 9.31. The Bertz CT molecular complexity index is 662. The summed E-state index contributed by atoms with van der Waals surface area (Å²) < 4.78 is 0. The van der Waals surface area contributed by atoms with Gasteiger partial charge in [-0.15, -0.1) is 11.3 Å². The standard InChI is InChI=1S/C14H11ClN2S2/c15-11-2-1-3-12(6-11)16-7-13-9-19-14(17-13)10-4-5-18-8-10/h1-6,8-9,16H,7H2. The molecular formula is C14H11ClN2S2. The molecule has 1 N–H and O–H groups in total. The largest absolute Gasteiger partial charge is 0.379 e. The Kier molecular flexibility index (Phi) is 3.82. The number of nitrogens with zero attached hydrogens (tertiary/aromatic N) is 1. The fourth-order valence-electron chi connectivity index (χ4n) is 1.70. The lowest BCUT2D eigenvalue weighted by Crippen LogP contribution is -1.99. The third kappa shape index (κ3) is 3.15. The number of thiazole rings is 1. The minimum Gasteiger partial charge on any atom is -0.379 e. The van der Waals surface area contributed by atoms with Crippen LogP contribution in [0.3, 0.4) is 0 Å². The van der Waals surface area contributed by atoms with Gasteiger partial charge in [0.25, 0.3) is 0 Å². The van der Waals surface area contributed by atoms with Crippen molar-refractivity contribution in [3.63, 3.8) is 0 Å². The molecule has 0 spiro atoms. The second-order valence-electron chi connectivity index (χ2n) is 4.02. The van der Waals surface area contributed by atoms with Gasteiger partial charge in [-0.25, -0.2) is 4.98 Å². The molecule has 0 unspecified atom stereocenters. The maximum atomic E-state index is 5.95. The van der Waals surface area contributed by atoms with E-state index in [1.165, 1.54) is 5.56 Å². The molecule has 2 heterocycles. The van der Waals surface area contributed by atoms with Crippen molar-refractivity contribution in [2.75, 3.05) is 5.32 Å². The Morgan fingerprint density at radius 3 is 2.95 bits per heavy atom. The van der Waals surface area contributed by atoms with Gasteiger partial charge < -0.3 is 5.32 Å². The number of hydrogen-bond acceptors (Lipinski definition) is 4. The van der Waals surface area contributed by atoms with Crippen molar-refractivity contribution < 1.29 is 0 Å². The van der Waals surface area contributed by atoms with E-state index in [0.717, 1.165) is 21.4 Å². The molecule has 2 nitrogen and oxygen atoms in total. The zero-order valence-electron chi connectivity index (χ0n) is 9.97. The van der Waals surface area contributed by atoms with Crippen LogP contribution in [-0.4, -0.2) is 4.98 Å². The molecule has 0 aliphatic rings. The molecule has 2 aromatic heterocycles. The van der Waals surface area contributed by atoms with Gasteiger partial charge in [0.1, 0.15) is 5.01 Å². The van der Waals surface area contributed by atoms with Gasteiger partial charge in [0.05, 0.1) is 12.2 Å². The topological polar surface area (TPSA) is 24.9 Å². The number of thiophene rings is 1. The third-order valence-electron chi connectivity index (χ3n) is 2.62. The molecule has 0 aliphatic heterocycles. The van der Waals surface area contributed by atoms with E-state index in [2.05, 4.69) is 32.5 Å². The van der Waals surface area contributed by atoms with Gasteiger partial charge in [0.15, 0.2) is 0 Å². The Hall–Kier alpha value is -1.36. The van der Waals surface area contributed by atoms with Crippen LogP contribution in [0.1, 0.15) is 5.69 Å². The highest BCUT2D eigenvalue weighted by atomic mass is 35.5. The fraction of sp³-hybridized carbons (Fsp3) is 0.0714. The first-order valence-corrected chi connectivity index (χ1v) is 7.98. The van der Waals surface area contributed by atoms with Crippen LogP contribution in [0.15, 0.2) is 46.5 Å². The fourth-order valence-corrected chi connectivity index (χ4v) is 3.42. The quantitative estimate of drug-likeness (QED) is 0.722.